The molecule has 0 aliphatic heterocycles. The molecule has 0 bridgehead atoms. The van der Waals surface area contributed by atoms with Crippen molar-refractivity contribution < 1.29 is 23.6 Å². The van der Waals surface area contributed by atoms with Gasteiger partial charge in [-0.3, -0.25) is 20.4 Å². The zero-order valence-corrected chi connectivity index (χ0v) is 16.0. The van der Waals surface area contributed by atoms with Crippen molar-refractivity contribution in [2.45, 2.75) is 25.4 Å². The number of nitrogens with one attached hydrogen (secondary N) is 3. The molecule has 3 N–H and O–H groups in total. The van der Waals surface area contributed by atoms with Crippen molar-refractivity contribution >= 4 is 23.4 Å². The molecule has 1 aliphatic rings. The minimum Gasteiger partial charge on any atom is -0.484 e. The summed E-state index contributed by atoms with van der Waals surface area (Å²) in [6.45, 7) is 0.628. The first-order chi connectivity index (χ1) is 13.5. The maximum absolute atomic E-state index is 13.0. The summed E-state index contributed by atoms with van der Waals surface area (Å²) in [6.07, 6.45) is 2.12. The van der Waals surface area contributed by atoms with Gasteiger partial charge in [-0.15, -0.1) is 0 Å². The van der Waals surface area contributed by atoms with Crippen LogP contribution in [0.3, 0.4) is 0 Å². The van der Waals surface area contributed by atoms with Crippen LogP contribution >= 0.6 is 11.6 Å². The van der Waals surface area contributed by atoms with Crippen LogP contribution in [0.5, 0.6) is 5.75 Å². The Morgan fingerprint density at radius 3 is 2.32 bits per heavy atom. The highest BCUT2D eigenvalue weighted by Crippen LogP contribution is 2.16. The lowest BCUT2D eigenvalue weighted by molar-refractivity contribution is -0.917. The van der Waals surface area contributed by atoms with Crippen LogP contribution in [-0.4, -0.2) is 31.0 Å². The Morgan fingerprint density at radius 2 is 1.68 bits per heavy atom. The van der Waals surface area contributed by atoms with Crippen LogP contribution in [0.25, 0.3) is 0 Å². The van der Waals surface area contributed by atoms with Crippen molar-refractivity contribution in [3.63, 3.8) is 0 Å². The second-order valence-corrected chi connectivity index (χ2v) is 7.19. The van der Waals surface area contributed by atoms with E-state index in [1.165, 1.54) is 12.1 Å². The lowest BCUT2D eigenvalue weighted by Gasteiger charge is -2.19. The van der Waals surface area contributed by atoms with Gasteiger partial charge >= 0.3 is 0 Å². The zero-order valence-electron chi connectivity index (χ0n) is 15.2. The zero-order chi connectivity index (χ0) is 19.9. The van der Waals surface area contributed by atoms with E-state index in [-0.39, 0.29) is 24.9 Å². The Morgan fingerprint density at radius 1 is 1.04 bits per heavy atom. The minimum atomic E-state index is -0.463. The van der Waals surface area contributed by atoms with E-state index in [1.807, 2.05) is 0 Å². The fourth-order valence-corrected chi connectivity index (χ4v) is 2.94. The maximum Gasteiger partial charge on any atom is 0.293 e. The molecule has 1 unspecified atom stereocenters. The van der Waals surface area contributed by atoms with Crippen LogP contribution in [-0.2, 0) is 16.1 Å². The summed E-state index contributed by atoms with van der Waals surface area (Å²) in [7, 11) is 0. The number of carbonyl (C=O) groups excluding carboxylic acids is 2. The molecular formula is C20H22ClFN3O3+. The first-order valence-corrected chi connectivity index (χ1v) is 9.42. The minimum absolute atomic E-state index is 0.223. The van der Waals surface area contributed by atoms with Crippen LogP contribution < -0.4 is 20.5 Å². The number of quaternary nitrogens is 1. The van der Waals surface area contributed by atoms with E-state index in [1.54, 1.807) is 36.4 Å². The van der Waals surface area contributed by atoms with Crippen LogP contribution in [0.2, 0.25) is 5.02 Å². The molecule has 1 atom stereocenters. The van der Waals surface area contributed by atoms with Crippen molar-refractivity contribution in [3.05, 3.63) is 64.9 Å². The Balaban J connectivity index is 1.41. The molecular weight excluding hydrogens is 385 g/mol. The molecule has 28 heavy (non-hydrogen) atoms. The maximum atomic E-state index is 13.0. The van der Waals surface area contributed by atoms with Gasteiger partial charge in [0.2, 0.25) is 0 Å². The third-order valence-corrected chi connectivity index (χ3v) is 4.66. The number of halogens is 2. The first-order valence-electron chi connectivity index (χ1n) is 9.04. The topological polar surface area (TPSA) is 71.9 Å². The van der Waals surface area contributed by atoms with Crippen LogP contribution in [0.4, 0.5) is 4.39 Å². The SMILES string of the molecule is O=C(COc1ccc(Cl)cc1)NNC(=O)C[NH+](Cc1ccc(F)cc1)C1CC1. The van der Waals surface area contributed by atoms with Gasteiger partial charge in [0.15, 0.2) is 13.2 Å². The lowest BCUT2D eigenvalue weighted by atomic mass is 10.2. The van der Waals surface area contributed by atoms with E-state index in [2.05, 4.69) is 10.9 Å². The summed E-state index contributed by atoms with van der Waals surface area (Å²) < 4.78 is 18.4. The molecule has 0 spiro atoms. The van der Waals surface area contributed by atoms with Crippen molar-refractivity contribution in [2.24, 2.45) is 0 Å². The van der Waals surface area contributed by atoms with Gasteiger partial charge in [-0.1, -0.05) is 23.7 Å². The van der Waals surface area contributed by atoms with E-state index in [0.717, 1.165) is 23.3 Å². The van der Waals surface area contributed by atoms with Crippen LogP contribution in [0.15, 0.2) is 48.5 Å². The third-order valence-electron chi connectivity index (χ3n) is 4.41. The molecule has 1 saturated carbocycles. The number of hydrazine groups is 1. The highest BCUT2D eigenvalue weighted by Gasteiger charge is 2.34. The number of benzene rings is 2. The summed E-state index contributed by atoms with van der Waals surface area (Å²) >= 11 is 5.78. The van der Waals surface area contributed by atoms with E-state index < -0.39 is 5.91 Å². The number of ether oxygens (including phenoxy) is 1. The van der Waals surface area contributed by atoms with Gasteiger partial charge in [0, 0.05) is 23.4 Å². The van der Waals surface area contributed by atoms with E-state index in [4.69, 9.17) is 16.3 Å². The van der Waals surface area contributed by atoms with E-state index >= 15 is 0 Å². The number of hydrogen-bond acceptors (Lipinski definition) is 3. The summed E-state index contributed by atoms with van der Waals surface area (Å²) in [5.41, 5.74) is 5.73. The van der Waals surface area contributed by atoms with Gasteiger partial charge < -0.3 is 9.64 Å². The van der Waals surface area contributed by atoms with E-state index in [9.17, 15) is 14.0 Å². The summed E-state index contributed by atoms with van der Waals surface area (Å²) in [5.74, 6) is -0.522. The number of hydrogen-bond donors (Lipinski definition) is 3. The highest BCUT2D eigenvalue weighted by molar-refractivity contribution is 6.30. The fourth-order valence-electron chi connectivity index (χ4n) is 2.81. The standard InChI is InChI=1S/C20H21ClFN3O3/c21-15-3-9-18(10-4-15)28-13-20(27)24-23-19(26)12-25(17-7-8-17)11-14-1-5-16(22)6-2-14/h1-6,9-10,17H,7-8,11-13H2,(H,23,26)(H,24,27)/p+1. The Kier molecular flexibility index (Phi) is 6.84. The summed E-state index contributed by atoms with van der Waals surface area (Å²) in [5, 5.41) is 0.576. The molecule has 148 valence electrons. The molecule has 0 saturated heterocycles. The summed E-state index contributed by atoms with van der Waals surface area (Å²) in [4.78, 5) is 25.1. The van der Waals surface area contributed by atoms with Crippen LogP contribution in [0, 0.1) is 5.82 Å². The van der Waals surface area contributed by atoms with Gasteiger partial charge in [-0.25, -0.2) is 4.39 Å². The molecule has 0 radical (unpaired) electrons. The van der Waals surface area contributed by atoms with Crippen LogP contribution in [0.1, 0.15) is 18.4 Å². The molecule has 6 nitrogen and oxygen atoms in total. The predicted molar refractivity (Wildman–Crippen MR) is 102 cm³/mol. The average Bonchev–Trinajstić information content (AvgIpc) is 3.52. The monoisotopic (exact) mass is 406 g/mol. The molecule has 0 heterocycles. The smallest absolute Gasteiger partial charge is 0.293 e. The third kappa shape index (κ3) is 6.51. The van der Waals surface area contributed by atoms with Crippen molar-refractivity contribution in [3.8, 4) is 5.75 Å². The van der Waals surface area contributed by atoms with E-state index in [0.29, 0.717) is 23.4 Å². The summed E-state index contributed by atoms with van der Waals surface area (Å²) in [6, 6.07) is 13.3. The highest BCUT2D eigenvalue weighted by atomic mass is 35.5. The van der Waals surface area contributed by atoms with Gasteiger partial charge in [0.05, 0.1) is 6.04 Å². The van der Waals surface area contributed by atoms with Crippen molar-refractivity contribution in [2.75, 3.05) is 13.2 Å². The second-order valence-electron chi connectivity index (χ2n) is 6.75. The normalized spacial score (nSPS) is 14.2. The molecule has 0 aromatic heterocycles. The Bertz CT molecular complexity index is 810. The number of amides is 2. The number of carbonyl (C=O) groups is 2. The first kappa shape index (κ1) is 20.1. The van der Waals surface area contributed by atoms with Crippen molar-refractivity contribution in [1.82, 2.24) is 10.9 Å². The van der Waals surface area contributed by atoms with Gasteiger partial charge in [0.1, 0.15) is 18.1 Å². The van der Waals surface area contributed by atoms with Gasteiger partial charge in [0.25, 0.3) is 11.8 Å². The largest absolute Gasteiger partial charge is 0.484 e. The predicted octanol–water partition coefficient (Wildman–Crippen LogP) is 1.25. The number of rotatable bonds is 8. The molecule has 2 aromatic rings. The fraction of sp³-hybridized carbons (Fsp3) is 0.300. The second kappa shape index (κ2) is 9.52. The molecule has 2 amide bonds. The molecule has 1 fully saturated rings. The average molecular weight is 407 g/mol. The lowest BCUT2D eigenvalue weighted by Crippen LogP contribution is -3.13. The van der Waals surface area contributed by atoms with Gasteiger partial charge in [-0.2, -0.15) is 0 Å². The van der Waals surface area contributed by atoms with Gasteiger partial charge in [-0.05, 0) is 36.4 Å². The molecule has 8 heteroatoms. The quantitative estimate of drug-likeness (QED) is 0.578. The molecule has 3 rings (SSSR count). The van der Waals surface area contributed by atoms with Crippen molar-refractivity contribution in [1.29, 1.82) is 0 Å². The molecule has 1 aliphatic carbocycles. The molecule has 2 aromatic carbocycles. The Hall–Kier alpha value is -2.64. The Labute approximate surface area is 167 Å².